The fourth-order valence-corrected chi connectivity index (χ4v) is 2.91. The average molecular weight is 392 g/mol. The molecular formula is C17H16N2O7S. The fourth-order valence-electron chi connectivity index (χ4n) is 2.19. The maximum atomic E-state index is 12.1. The first kappa shape index (κ1) is 18.6. The van der Waals surface area contributed by atoms with Crippen LogP contribution in [0.3, 0.4) is 0 Å². The predicted octanol–water partition coefficient (Wildman–Crippen LogP) is 1.18. The van der Waals surface area contributed by atoms with Crippen LogP contribution in [0.15, 0.2) is 29.6 Å². The summed E-state index contributed by atoms with van der Waals surface area (Å²) < 4.78 is 20.5. The van der Waals surface area contributed by atoms with Gasteiger partial charge in [0.25, 0.3) is 5.91 Å². The Morgan fingerprint density at radius 2 is 2.07 bits per heavy atom. The van der Waals surface area contributed by atoms with E-state index in [1.165, 1.54) is 7.11 Å². The highest BCUT2D eigenvalue weighted by atomic mass is 32.1. The van der Waals surface area contributed by atoms with Gasteiger partial charge in [-0.25, -0.2) is 9.78 Å². The number of benzene rings is 1. The number of anilines is 1. The number of nitrogens with zero attached hydrogens (tertiary/aromatic N) is 1. The molecule has 1 aromatic heterocycles. The molecule has 1 atom stereocenters. The first-order valence-electron chi connectivity index (χ1n) is 7.91. The second-order valence-electron chi connectivity index (χ2n) is 5.42. The lowest BCUT2D eigenvalue weighted by molar-refractivity contribution is -0.156. The van der Waals surface area contributed by atoms with Crippen molar-refractivity contribution in [2.45, 2.75) is 12.5 Å². The first-order valence-corrected chi connectivity index (χ1v) is 8.79. The molecule has 142 valence electrons. The van der Waals surface area contributed by atoms with Gasteiger partial charge in [0.15, 0.2) is 23.2 Å². The van der Waals surface area contributed by atoms with Crippen molar-refractivity contribution in [3.05, 3.63) is 35.3 Å². The van der Waals surface area contributed by atoms with Crippen molar-refractivity contribution >= 4 is 34.3 Å². The zero-order valence-electron chi connectivity index (χ0n) is 14.3. The molecule has 0 aliphatic carbocycles. The summed E-state index contributed by atoms with van der Waals surface area (Å²) in [5.41, 5.74) is 0.477. The Hall–Kier alpha value is -3.14. The fraction of sp³-hybridized carbons (Fsp3) is 0.294. The summed E-state index contributed by atoms with van der Waals surface area (Å²) in [5.74, 6) is -0.699. The monoisotopic (exact) mass is 392 g/mol. The van der Waals surface area contributed by atoms with Crippen LogP contribution in [-0.2, 0) is 30.3 Å². The number of esters is 2. The Morgan fingerprint density at radius 1 is 1.30 bits per heavy atom. The number of methoxy groups -OCH3 is 1. The molecule has 1 aliphatic heterocycles. The topological polar surface area (TPSA) is 113 Å². The number of thiazole rings is 1. The molecule has 3 rings (SSSR count). The van der Waals surface area contributed by atoms with Crippen LogP contribution in [0.1, 0.15) is 5.69 Å². The number of aromatic nitrogens is 1. The lowest BCUT2D eigenvalue weighted by atomic mass is 10.2. The molecule has 0 radical (unpaired) electrons. The lowest BCUT2D eigenvalue weighted by Gasteiger charge is -2.24. The van der Waals surface area contributed by atoms with Gasteiger partial charge in [-0.15, -0.1) is 11.3 Å². The summed E-state index contributed by atoms with van der Waals surface area (Å²) in [4.78, 5) is 39.2. The van der Waals surface area contributed by atoms with Crippen molar-refractivity contribution in [3.8, 4) is 11.5 Å². The first-order chi connectivity index (χ1) is 13.0. The van der Waals surface area contributed by atoms with E-state index in [9.17, 15) is 14.4 Å². The van der Waals surface area contributed by atoms with Gasteiger partial charge in [-0.3, -0.25) is 14.9 Å². The smallest absolute Gasteiger partial charge is 0.351 e. The van der Waals surface area contributed by atoms with E-state index in [2.05, 4.69) is 15.0 Å². The highest BCUT2D eigenvalue weighted by Gasteiger charge is 2.29. The zero-order chi connectivity index (χ0) is 19.2. The molecule has 0 saturated heterocycles. The molecule has 27 heavy (non-hydrogen) atoms. The van der Waals surface area contributed by atoms with E-state index in [1.807, 2.05) is 0 Å². The van der Waals surface area contributed by atoms with Crippen molar-refractivity contribution in [2.24, 2.45) is 0 Å². The van der Waals surface area contributed by atoms with Crippen LogP contribution in [0.2, 0.25) is 0 Å². The maximum absolute atomic E-state index is 12.1. The number of rotatable bonds is 6. The third-order valence-electron chi connectivity index (χ3n) is 3.47. The summed E-state index contributed by atoms with van der Waals surface area (Å²) in [5, 5.41) is 4.42. The SMILES string of the molecule is COC(=O)Cc1csc(NC(=O)COC(=O)[C@@H]2COc3ccccc3O2)n1. The largest absolute Gasteiger partial charge is 0.485 e. The Balaban J connectivity index is 1.45. The molecule has 0 fully saturated rings. The number of hydrogen-bond donors (Lipinski definition) is 1. The Kier molecular flexibility index (Phi) is 5.87. The van der Waals surface area contributed by atoms with E-state index in [-0.39, 0.29) is 13.0 Å². The number of fused-ring (bicyclic) bond motifs is 1. The minimum Gasteiger partial charge on any atom is -0.485 e. The molecule has 1 aromatic carbocycles. The van der Waals surface area contributed by atoms with Crippen molar-refractivity contribution in [1.82, 2.24) is 4.98 Å². The van der Waals surface area contributed by atoms with Crippen molar-refractivity contribution in [1.29, 1.82) is 0 Å². The van der Waals surface area contributed by atoms with Gasteiger partial charge in [-0.1, -0.05) is 12.1 Å². The maximum Gasteiger partial charge on any atom is 0.351 e. The number of hydrogen-bond acceptors (Lipinski definition) is 9. The van der Waals surface area contributed by atoms with Crippen LogP contribution in [0, 0.1) is 0 Å². The van der Waals surface area contributed by atoms with Crippen LogP contribution in [0.5, 0.6) is 11.5 Å². The van der Waals surface area contributed by atoms with Gasteiger partial charge in [-0.2, -0.15) is 0 Å². The van der Waals surface area contributed by atoms with Crippen LogP contribution in [0.25, 0.3) is 0 Å². The molecule has 9 nitrogen and oxygen atoms in total. The molecule has 1 amide bonds. The van der Waals surface area contributed by atoms with Gasteiger partial charge in [0, 0.05) is 5.38 Å². The Morgan fingerprint density at radius 3 is 2.85 bits per heavy atom. The molecule has 1 N–H and O–H groups in total. The van der Waals surface area contributed by atoms with E-state index in [1.54, 1.807) is 29.6 Å². The van der Waals surface area contributed by atoms with Crippen molar-refractivity contribution in [3.63, 3.8) is 0 Å². The van der Waals surface area contributed by atoms with Gasteiger partial charge in [0.05, 0.1) is 19.2 Å². The molecule has 2 aromatic rings. The number of carbonyl (C=O) groups excluding carboxylic acids is 3. The van der Waals surface area contributed by atoms with Gasteiger partial charge in [0.2, 0.25) is 6.10 Å². The van der Waals surface area contributed by atoms with Gasteiger partial charge in [0.1, 0.15) is 6.61 Å². The second kappa shape index (κ2) is 8.49. The molecular weight excluding hydrogens is 376 g/mol. The van der Waals surface area contributed by atoms with Crippen LogP contribution >= 0.6 is 11.3 Å². The standard InChI is InChI=1S/C17H16N2O7S/c1-23-15(21)6-10-9-27-17(18-10)19-14(20)8-25-16(22)13-7-24-11-4-2-3-5-12(11)26-13/h2-5,9,13H,6-8H2,1H3,(H,18,19,20)/t13-/m0/s1. The van der Waals surface area contributed by atoms with Crippen molar-refractivity contribution in [2.75, 3.05) is 25.6 Å². The van der Waals surface area contributed by atoms with E-state index in [4.69, 9.17) is 14.2 Å². The highest BCUT2D eigenvalue weighted by molar-refractivity contribution is 7.13. The number of ether oxygens (including phenoxy) is 4. The summed E-state index contributed by atoms with van der Waals surface area (Å²) in [6, 6.07) is 6.95. The normalized spacial score (nSPS) is 14.9. The third-order valence-corrected chi connectivity index (χ3v) is 4.27. The molecule has 0 unspecified atom stereocenters. The Bertz CT molecular complexity index is 851. The molecule has 2 heterocycles. The number of carbonyl (C=O) groups is 3. The zero-order valence-corrected chi connectivity index (χ0v) is 15.1. The average Bonchev–Trinajstić information content (AvgIpc) is 3.12. The number of amides is 1. The third kappa shape index (κ3) is 4.94. The summed E-state index contributed by atoms with van der Waals surface area (Å²) in [7, 11) is 1.28. The second-order valence-corrected chi connectivity index (χ2v) is 6.28. The van der Waals surface area contributed by atoms with Gasteiger partial charge < -0.3 is 18.9 Å². The van der Waals surface area contributed by atoms with E-state index in [0.717, 1.165) is 11.3 Å². The molecule has 0 saturated carbocycles. The van der Waals surface area contributed by atoms with E-state index in [0.29, 0.717) is 22.3 Å². The number of nitrogens with one attached hydrogen (secondary N) is 1. The van der Waals surface area contributed by atoms with Crippen LogP contribution < -0.4 is 14.8 Å². The van der Waals surface area contributed by atoms with Gasteiger partial charge in [-0.05, 0) is 12.1 Å². The summed E-state index contributed by atoms with van der Waals surface area (Å²) >= 11 is 1.15. The van der Waals surface area contributed by atoms with Crippen LogP contribution in [0.4, 0.5) is 5.13 Å². The van der Waals surface area contributed by atoms with Crippen molar-refractivity contribution < 1.29 is 33.3 Å². The van der Waals surface area contributed by atoms with Crippen LogP contribution in [-0.4, -0.2) is 49.3 Å². The highest BCUT2D eigenvalue weighted by Crippen LogP contribution is 2.31. The van der Waals surface area contributed by atoms with E-state index >= 15 is 0 Å². The molecule has 0 bridgehead atoms. The quantitative estimate of drug-likeness (QED) is 0.729. The minimum absolute atomic E-state index is 0.000827. The minimum atomic E-state index is -0.945. The predicted molar refractivity (Wildman–Crippen MR) is 93.8 cm³/mol. The summed E-state index contributed by atoms with van der Waals surface area (Å²) in [6.07, 6.45) is -0.933. The van der Waals surface area contributed by atoms with Gasteiger partial charge >= 0.3 is 11.9 Å². The Labute approximate surface area is 158 Å². The van der Waals surface area contributed by atoms with E-state index < -0.39 is 30.6 Å². The number of para-hydroxylation sites is 2. The lowest BCUT2D eigenvalue weighted by Crippen LogP contribution is -2.39. The summed E-state index contributed by atoms with van der Waals surface area (Å²) in [6.45, 7) is -0.493. The molecule has 10 heteroatoms. The molecule has 0 spiro atoms. The molecule has 1 aliphatic rings.